The maximum Gasteiger partial charge on any atom is 0.267 e. The predicted octanol–water partition coefficient (Wildman–Crippen LogP) is 1.71. The highest BCUT2D eigenvalue weighted by Gasteiger charge is 2.15. The van der Waals surface area contributed by atoms with Crippen LogP contribution in [0.15, 0.2) is 53.3 Å². The Morgan fingerprint density at radius 1 is 1.30 bits per heavy atom. The van der Waals surface area contributed by atoms with Gasteiger partial charge < -0.3 is 31.5 Å². The maximum absolute atomic E-state index is 12.1. The second-order valence-electron chi connectivity index (χ2n) is 8.74. The molecule has 0 aliphatic rings. The number of aromatic nitrogens is 3. The Morgan fingerprint density at radius 3 is 2.84 bits per heavy atom. The molecule has 37 heavy (non-hydrogen) atoms. The number of rotatable bonds is 13. The first-order valence-electron chi connectivity index (χ1n) is 12.2. The standard InChI is InChI=1S/C26H36N8O3/c1-17(2)34-25-21(15-32-34)24(30-10-11-31-26(36)22(27)8-9-28-3)13-23(33-25)18-6-5-7-20(12-18)37-16-19(35)14-29-4/h5-9,12-13,15,17,19,29,35H,10-11,14,16,27H2,1-4H3,(H,30,33)(H,31,36). The van der Waals surface area contributed by atoms with Crippen molar-refractivity contribution in [3.05, 3.63) is 48.3 Å². The van der Waals surface area contributed by atoms with Gasteiger partial charge in [-0.3, -0.25) is 9.79 Å². The number of likely N-dealkylation sites (N-methyl/N-ethyl adjacent to an activating group) is 1. The minimum atomic E-state index is -0.606. The Bertz CT molecular complexity index is 1250. The van der Waals surface area contributed by atoms with Gasteiger partial charge in [0.25, 0.3) is 5.91 Å². The molecule has 0 saturated heterocycles. The van der Waals surface area contributed by atoms with Gasteiger partial charge in [0.1, 0.15) is 18.5 Å². The Kier molecular flexibility index (Phi) is 9.99. The second-order valence-corrected chi connectivity index (χ2v) is 8.74. The van der Waals surface area contributed by atoms with Crippen LogP contribution in [0.3, 0.4) is 0 Å². The van der Waals surface area contributed by atoms with Crippen molar-refractivity contribution in [2.75, 3.05) is 45.7 Å². The monoisotopic (exact) mass is 508 g/mol. The van der Waals surface area contributed by atoms with Gasteiger partial charge in [0.2, 0.25) is 0 Å². The molecule has 1 atom stereocenters. The van der Waals surface area contributed by atoms with Crippen LogP contribution in [0.5, 0.6) is 5.75 Å². The second kappa shape index (κ2) is 13.4. The summed E-state index contributed by atoms with van der Waals surface area (Å²) in [5.74, 6) is 0.287. The van der Waals surface area contributed by atoms with Gasteiger partial charge in [-0.1, -0.05) is 12.1 Å². The summed E-state index contributed by atoms with van der Waals surface area (Å²) in [4.78, 5) is 20.8. The largest absolute Gasteiger partial charge is 0.491 e. The first-order chi connectivity index (χ1) is 17.8. The number of carbonyl (C=O) groups excluding carboxylic acids is 1. The molecular formula is C26H36N8O3. The number of amides is 1. The zero-order valence-corrected chi connectivity index (χ0v) is 21.7. The number of aliphatic hydroxyl groups excluding tert-OH is 1. The lowest BCUT2D eigenvalue weighted by atomic mass is 10.1. The van der Waals surface area contributed by atoms with Gasteiger partial charge in [-0.05, 0) is 45.2 Å². The number of allylic oxidation sites excluding steroid dienone is 1. The van der Waals surface area contributed by atoms with Gasteiger partial charge in [0.05, 0.1) is 23.0 Å². The number of nitrogens with one attached hydrogen (secondary N) is 3. The number of anilines is 1. The van der Waals surface area contributed by atoms with Gasteiger partial charge in [-0.15, -0.1) is 0 Å². The van der Waals surface area contributed by atoms with Crippen LogP contribution in [-0.2, 0) is 4.79 Å². The van der Waals surface area contributed by atoms with Crippen LogP contribution >= 0.6 is 0 Å². The summed E-state index contributed by atoms with van der Waals surface area (Å²) in [6, 6.07) is 9.68. The number of benzene rings is 1. The van der Waals surface area contributed by atoms with Crippen molar-refractivity contribution in [3.63, 3.8) is 0 Å². The Labute approximate surface area is 216 Å². The predicted molar refractivity (Wildman–Crippen MR) is 147 cm³/mol. The molecule has 0 aliphatic carbocycles. The molecule has 0 radical (unpaired) electrons. The van der Waals surface area contributed by atoms with Crippen LogP contribution in [0.1, 0.15) is 19.9 Å². The van der Waals surface area contributed by atoms with Gasteiger partial charge in [-0.2, -0.15) is 5.10 Å². The molecular weight excluding hydrogens is 472 g/mol. The number of aliphatic hydroxyl groups is 1. The lowest BCUT2D eigenvalue weighted by Crippen LogP contribution is -2.32. The van der Waals surface area contributed by atoms with Gasteiger partial charge >= 0.3 is 0 Å². The number of hydrogen-bond donors (Lipinski definition) is 5. The summed E-state index contributed by atoms with van der Waals surface area (Å²) in [7, 11) is 3.39. The average molecular weight is 509 g/mol. The molecule has 11 heteroatoms. The molecule has 11 nitrogen and oxygen atoms in total. The first kappa shape index (κ1) is 27.6. The number of aliphatic imine (C=N–C) groups is 1. The summed E-state index contributed by atoms with van der Waals surface area (Å²) in [5, 5.41) is 24.5. The van der Waals surface area contributed by atoms with E-state index in [0.29, 0.717) is 25.4 Å². The summed E-state index contributed by atoms with van der Waals surface area (Å²) in [6.45, 7) is 5.57. The highest BCUT2D eigenvalue weighted by molar-refractivity contribution is 5.96. The number of ether oxygens (including phenoxy) is 1. The number of nitrogens with zero attached hydrogens (tertiary/aromatic N) is 4. The van der Waals surface area contributed by atoms with Gasteiger partial charge in [-0.25, -0.2) is 9.67 Å². The fraction of sp³-hybridized carbons (Fsp3) is 0.385. The van der Waals surface area contributed by atoms with Crippen molar-refractivity contribution < 1.29 is 14.6 Å². The third-order valence-electron chi connectivity index (χ3n) is 5.46. The molecule has 198 valence electrons. The van der Waals surface area contributed by atoms with Crippen molar-refractivity contribution in [1.29, 1.82) is 0 Å². The third kappa shape index (κ3) is 7.51. The van der Waals surface area contributed by atoms with Crippen LogP contribution in [0.25, 0.3) is 22.3 Å². The van der Waals surface area contributed by atoms with E-state index in [2.05, 4.69) is 39.9 Å². The third-order valence-corrected chi connectivity index (χ3v) is 5.46. The van der Waals surface area contributed by atoms with Crippen LogP contribution in [0.2, 0.25) is 0 Å². The van der Waals surface area contributed by atoms with E-state index in [1.807, 2.05) is 35.0 Å². The highest BCUT2D eigenvalue weighted by Crippen LogP contribution is 2.31. The summed E-state index contributed by atoms with van der Waals surface area (Å²) < 4.78 is 7.65. The van der Waals surface area contributed by atoms with E-state index in [9.17, 15) is 9.90 Å². The first-order valence-corrected chi connectivity index (χ1v) is 12.2. The molecule has 6 N–H and O–H groups in total. The molecule has 0 aliphatic heterocycles. The zero-order chi connectivity index (χ0) is 26.8. The topological polar surface area (TPSA) is 152 Å². The Hall–Kier alpha value is -3.96. The minimum Gasteiger partial charge on any atom is -0.491 e. The lowest BCUT2D eigenvalue weighted by molar-refractivity contribution is -0.117. The number of hydrogen-bond acceptors (Lipinski definition) is 9. The van der Waals surface area contributed by atoms with Crippen LogP contribution in [0, 0.1) is 0 Å². The Balaban J connectivity index is 1.82. The molecule has 1 aromatic carbocycles. The fourth-order valence-electron chi connectivity index (χ4n) is 3.63. The fourth-order valence-corrected chi connectivity index (χ4v) is 3.63. The number of carbonyl (C=O) groups is 1. The van der Waals surface area contributed by atoms with E-state index in [1.54, 1.807) is 20.3 Å². The summed E-state index contributed by atoms with van der Waals surface area (Å²) in [6.07, 6.45) is 4.12. The van der Waals surface area contributed by atoms with Crippen molar-refractivity contribution in [1.82, 2.24) is 25.4 Å². The molecule has 2 aromatic heterocycles. The van der Waals surface area contributed by atoms with Crippen LogP contribution in [0.4, 0.5) is 5.69 Å². The minimum absolute atomic E-state index is 0.0953. The summed E-state index contributed by atoms with van der Waals surface area (Å²) in [5.41, 5.74) is 9.05. The quantitative estimate of drug-likeness (QED) is 0.133. The van der Waals surface area contributed by atoms with E-state index in [0.717, 1.165) is 28.0 Å². The smallest absolute Gasteiger partial charge is 0.267 e. The number of pyridine rings is 1. The average Bonchev–Trinajstić information content (AvgIpc) is 3.33. The SMILES string of the molecule is CN=CC=C(N)C(=O)NCCNc1cc(-c2cccc(OCC(O)CNC)c2)nc2c1cnn2C(C)C. The van der Waals surface area contributed by atoms with Crippen molar-refractivity contribution >= 4 is 28.8 Å². The van der Waals surface area contributed by atoms with Crippen molar-refractivity contribution in [3.8, 4) is 17.0 Å². The lowest BCUT2D eigenvalue weighted by Gasteiger charge is -2.14. The van der Waals surface area contributed by atoms with E-state index >= 15 is 0 Å². The van der Waals surface area contributed by atoms with E-state index in [1.165, 1.54) is 12.3 Å². The van der Waals surface area contributed by atoms with Crippen LogP contribution < -0.4 is 26.4 Å². The number of fused-ring (bicyclic) bond motifs is 1. The molecule has 0 fully saturated rings. The zero-order valence-electron chi connectivity index (χ0n) is 21.7. The van der Waals surface area contributed by atoms with Crippen LogP contribution in [-0.4, -0.2) is 78.4 Å². The van der Waals surface area contributed by atoms with Gasteiger partial charge in [0, 0.05) is 50.2 Å². The van der Waals surface area contributed by atoms with E-state index in [4.69, 9.17) is 15.5 Å². The molecule has 3 rings (SSSR count). The molecule has 0 saturated carbocycles. The molecule has 2 heterocycles. The van der Waals surface area contributed by atoms with E-state index < -0.39 is 6.10 Å². The van der Waals surface area contributed by atoms with Gasteiger partial charge in [0.15, 0.2) is 5.65 Å². The van der Waals surface area contributed by atoms with E-state index in [-0.39, 0.29) is 24.3 Å². The maximum atomic E-state index is 12.1. The van der Waals surface area contributed by atoms with Crippen molar-refractivity contribution in [2.24, 2.45) is 10.7 Å². The normalized spacial score (nSPS) is 12.9. The highest BCUT2D eigenvalue weighted by atomic mass is 16.5. The molecule has 0 bridgehead atoms. The Morgan fingerprint density at radius 2 is 2.11 bits per heavy atom. The molecule has 3 aromatic rings. The number of nitrogens with two attached hydrogens (primary N) is 1. The van der Waals surface area contributed by atoms with Crippen molar-refractivity contribution in [2.45, 2.75) is 26.0 Å². The molecule has 1 amide bonds. The molecule has 0 spiro atoms. The molecule has 1 unspecified atom stereocenters. The summed E-state index contributed by atoms with van der Waals surface area (Å²) >= 11 is 0.